The average Bonchev–Trinajstić information content (AvgIpc) is 3.49. The third-order valence-corrected chi connectivity index (χ3v) is 5.22. The van der Waals surface area contributed by atoms with Gasteiger partial charge in [0.15, 0.2) is 5.58 Å². The van der Waals surface area contributed by atoms with Gasteiger partial charge in [0.2, 0.25) is 0 Å². The zero-order chi connectivity index (χ0) is 19.6. The van der Waals surface area contributed by atoms with Crippen LogP contribution >= 0.6 is 0 Å². The van der Waals surface area contributed by atoms with Crippen molar-refractivity contribution in [2.45, 2.75) is 31.3 Å². The Morgan fingerprint density at radius 2 is 1.76 bits per heavy atom. The molecule has 29 heavy (non-hydrogen) atoms. The Labute approximate surface area is 166 Å². The molecular formula is C21H20N6O2. The summed E-state index contributed by atoms with van der Waals surface area (Å²) in [6.07, 6.45) is 6.03. The van der Waals surface area contributed by atoms with E-state index in [2.05, 4.69) is 25.8 Å². The monoisotopic (exact) mass is 388 g/mol. The Morgan fingerprint density at radius 3 is 2.62 bits per heavy atom. The Morgan fingerprint density at radius 1 is 1.00 bits per heavy atom. The minimum atomic E-state index is -0.144. The van der Waals surface area contributed by atoms with Crippen molar-refractivity contribution in [2.24, 2.45) is 0 Å². The normalized spacial score (nSPS) is 18.8. The second-order valence-corrected chi connectivity index (χ2v) is 7.08. The molecule has 0 aliphatic heterocycles. The highest BCUT2D eigenvalue weighted by atomic mass is 16.4. The minimum absolute atomic E-state index is 0.0175. The molecule has 5 rings (SSSR count). The highest BCUT2D eigenvalue weighted by molar-refractivity contribution is 5.98. The summed E-state index contributed by atoms with van der Waals surface area (Å²) in [7, 11) is 0. The van der Waals surface area contributed by atoms with E-state index in [4.69, 9.17) is 4.42 Å². The predicted octanol–water partition coefficient (Wildman–Crippen LogP) is 3.17. The first kappa shape index (κ1) is 17.4. The van der Waals surface area contributed by atoms with Crippen LogP contribution < -0.4 is 10.6 Å². The molecule has 2 heterocycles. The first-order chi connectivity index (χ1) is 14.3. The second-order valence-electron chi connectivity index (χ2n) is 7.08. The Hall–Kier alpha value is -3.68. The lowest BCUT2D eigenvalue weighted by atomic mass is 10.1. The zero-order valence-corrected chi connectivity index (χ0v) is 15.7. The fourth-order valence-electron chi connectivity index (χ4n) is 3.82. The van der Waals surface area contributed by atoms with Gasteiger partial charge in [0.25, 0.3) is 11.9 Å². The van der Waals surface area contributed by atoms with Crippen LogP contribution in [0.25, 0.3) is 16.8 Å². The number of oxazole rings is 1. The molecule has 8 nitrogen and oxygen atoms in total. The third kappa shape index (κ3) is 3.44. The molecule has 0 spiro atoms. The number of nitrogens with zero attached hydrogens (tertiary/aromatic N) is 4. The van der Waals surface area contributed by atoms with Crippen molar-refractivity contribution < 1.29 is 9.21 Å². The van der Waals surface area contributed by atoms with Gasteiger partial charge in [-0.2, -0.15) is 20.0 Å². The molecule has 8 heteroatoms. The van der Waals surface area contributed by atoms with E-state index in [0.29, 0.717) is 17.3 Å². The minimum Gasteiger partial charge on any atom is -0.424 e. The van der Waals surface area contributed by atoms with Crippen molar-refractivity contribution >= 4 is 23.0 Å². The molecule has 2 atom stereocenters. The largest absolute Gasteiger partial charge is 0.424 e. The SMILES string of the molecule is O=C(N[C@H]1CCC[C@H]1Nc1nc2ccccc2o1)c1ccccc1-n1nccn1. The molecule has 4 aromatic rings. The number of anilines is 1. The van der Waals surface area contributed by atoms with E-state index in [1.165, 1.54) is 4.80 Å². The lowest BCUT2D eigenvalue weighted by molar-refractivity contribution is 0.0935. The van der Waals surface area contributed by atoms with E-state index in [-0.39, 0.29) is 18.0 Å². The average molecular weight is 388 g/mol. The van der Waals surface area contributed by atoms with Crippen molar-refractivity contribution in [3.63, 3.8) is 0 Å². The Kier molecular flexibility index (Phi) is 4.44. The number of carbonyl (C=O) groups is 1. The third-order valence-electron chi connectivity index (χ3n) is 5.22. The first-order valence-corrected chi connectivity index (χ1v) is 9.66. The number of carbonyl (C=O) groups excluding carboxylic acids is 1. The summed E-state index contributed by atoms with van der Waals surface area (Å²) < 4.78 is 5.78. The number of aromatic nitrogens is 4. The predicted molar refractivity (Wildman–Crippen MR) is 108 cm³/mol. The molecule has 0 bridgehead atoms. The molecule has 1 fully saturated rings. The van der Waals surface area contributed by atoms with Crippen LogP contribution in [0.5, 0.6) is 0 Å². The van der Waals surface area contributed by atoms with Gasteiger partial charge in [0, 0.05) is 6.04 Å². The number of para-hydroxylation sites is 3. The number of hydrogen-bond donors (Lipinski definition) is 2. The fraction of sp³-hybridized carbons (Fsp3) is 0.238. The Bertz CT molecular complexity index is 1100. The van der Waals surface area contributed by atoms with Crippen LogP contribution in [0.15, 0.2) is 65.3 Å². The van der Waals surface area contributed by atoms with Gasteiger partial charge in [-0.15, -0.1) is 0 Å². The van der Waals surface area contributed by atoms with Crippen molar-refractivity contribution in [3.8, 4) is 5.69 Å². The lowest BCUT2D eigenvalue weighted by Crippen LogP contribution is -2.43. The van der Waals surface area contributed by atoms with Gasteiger partial charge in [-0.1, -0.05) is 24.3 Å². The highest BCUT2D eigenvalue weighted by Crippen LogP contribution is 2.26. The molecular weight excluding hydrogens is 368 g/mol. The summed E-state index contributed by atoms with van der Waals surface area (Å²) in [5.74, 6) is -0.144. The Balaban J connectivity index is 1.33. The van der Waals surface area contributed by atoms with Gasteiger partial charge in [-0.05, 0) is 43.5 Å². The standard InChI is InChI=1S/C21H20N6O2/c28-20(14-6-1-3-10-18(14)27-22-12-13-23-27)24-15-8-5-9-16(15)25-21-26-17-7-2-4-11-19(17)29-21/h1-4,6-7,10-13,15-16H,5,8-9H2,(H,24,28)(H,25,26)/t15-,16+/m0/s1. The first-order valence-electron chi connectivity index (χ1n) is 9.66. The van der Waals surface area contributed by atoms with E-state index in [0.717, 1.165) is 30.4 Å². The van der Waals surface area contributed by atoms with E-state index in [9.17, 15) is 4.79 Å². The molecule has 1 saturated carbocycles. The quantitative estimate of drug-likeness (QED) is 0.545. The van der Waals surface area contributed by atoms with Gasteiger partial charge < -0.3 is 15.1 Å². The van der Waals surface area contributed by atoms with E-state index >= 15 is 0 Å². The molecule has 2 aromatic carbocycles. The molecule has 0 unspecified atom stereocenters. The van der Waals surface area contributed by atoms with Gasteiger partial charge in [-0.3, -0.25) is 4.79 Å². The maximum atomic E-state index is 13.0. The molecule has 2 N–H and O–H groups in total. The summed E-state index contributed by atoms with van der Waals surface area (Å²) in [4.78, 5) is 19.0. The smallest absolute Gasteiger partial charge is 0.295 e. The number of fused-ring (bicyclic) bond motifs is 1. The number of hydrogen-bond acceptors (Lipinski definition) is 6. The van der Waals surface area contributed by atoms with E-state index < -0.39 is 0 Å². The summed E-state index contributed by atoms with van der Waals surface area (Å²) in [6.45, 7) is 0. The topological polar surface area (TPSA) is 97.9 Å². The fourth-order valence-corrected chi connectivity index (χ4v) is 3.82. The lowest BCUT2D eigenvalue weighted by Gasteiger charge is -2.22. The maximum Gasteiger partial charge on any atom is 0.295 e. The molecule has 1 amide bonds. The van der Waals surface area contributed by atoms with Gasteiger partial charge in [-0.25, -0.2) is 0 Å². The molecule has 146 valence electrons. The molecule has 0 radical (unpaired) electrons. The van der Waals surface area contributed by atoms with E-state index in [1.807, 2.05) is 42.5 Å². The summed E-state index contributed by atoms with van der Waals surface area (Å²) in [5, 5.41) is 14.8. The van der Waals surface area contributed by atoms with Crippen LogP contribution in [0, 0.1) is 0 Å². The summed E-state index contributed by atoms with van der Waals surface area (Å²) in [5.41, 5.74) is 2.75. The van der Waals surface area contributed by atoms with Crippen molar-refractivity contribution in [1.29, 1.82) is 0 Å². The highest BCUT2D eigenvalue weighted by Gasteiger charge is 2.30. The van der Waals surface area contributed by atoms with Crippen molar-refractivity contribution in [1.82, 2.24) is 25.3 Å². The van der Waals surface area contributed by atoms with Crippen molar-refractivity contribution in [3.05, 3.63) is 66.5 Å². The zero-order valence-electron chi connectivity index (χ0n) is 15.7. The van der Waals surface area contributed by atoms with Crippen LogP contribution in [0.4, 0.5) is 6.01 Å². The number of amides is 1. The molecule has 0 saturated heterocycles. The van der Waals surface area contributed by atoms with Gasteiger partial charge in [0.1, 0.15) is 5.52 Å². The molecule has 1 aliphatic rings. The summed E-state index contributed by atoms with van der Waals surface area (Å²) in [6, 6.07) is 15.5. The van der Waals surface area contributed by atoms with Crippen LogP contribution in [0.1, 0.15) is 29.6 Å². The molecule has 2 aromatic heterocycles. The summed E-state index contributed by atoms with van der Waals surface area (Å²) >= 11 is 0. The van der Waals surface area contributed by atoms with Crippen LogP contribution in [0.3, 0.4) is 0 Å². The van der Waals surface area contributed by atoms with Crippen molar-refractivity contribution in [2.75, 3.05) is 5.32 Å². The van der Waals surface area contributed by atoms with Gasteiger partial charge in [0.05, 0.1) is 29.7 Å². The van der Waals surface area contributed by atoms with Crippen LogP contribution in [-0.2, 0) is 0 Å². The second kappa shape index (κ2) is 7.38. The number of benzene rings is 2. The van der Waals surface area contributed by atoms with E-state index in [1.54, 1.807) is 18.5 Å². The number of rotatable bonds is 5. The maximum absolute atomic E-state index is 13.0. The number of nitrogens with one attached hydrogen (secondary N) is 2. The van der Waals surface area contributed by atoms with Gasteiger partial charge >= 0.3 is 0 Å². The molecule has 1 aliphatic carbocycles. The van der Waals surface area contributed by atoms with Crippen LogP contribution in [-0.4, -0.2) is 38.0 Å². The van der Waals surface area contributed by atoms with Crippen LogP contribution in [0.2, 0.25) is 0 Å².